The minimum Gasteiger partial charge on any atom is -0.352 e. The van der Waals surface area contributed by atoms with Gasteiger partial charge in [-0.05, 0) is 30.7 Å². The molecule has 25 heavy (non-hydrogen) atoms. The molecule has 0 radical (unpaired) electrons. The quantitative estimate of drug-likeness (QED) is 0.907. The smallest absolute Gasteiger partial charge is 0.227 e. The number of carbonyl (C=O) groups is 2. The van der Waals surface area contributed by atoms with Crippen LogP contribution in [0.1, 0.15) is 17.5 Å². The van der Waals surface area contributed by atoms with Gasteiger partial charge in [-0.1, -0.05) is 41.4 Å². The van der Waals surface area contributed by atoms with E-state index in [2.05, 4.69) is 5.32 Å². The van der Waals surface area contributed by atoms with E-state index in [-0.39, 0.29) is 29.8 Å². The fraction of sp³-hybridized carbons (Fsp3) is 0.263. The lowest BCUT2D eigenvalue weighted by Crippen LogP contribution is -2.32. The average molecular weight is 361 g/mol. The van der Waals surface area contributed by atoms with E-state index in [1.807, 2.05) is 31.2 Å². The molecular formula is C19H18ClFN2O2. The fourth-order valence-corrected chi connectivity index (χ4v) is 3.00. The van der Waals surface area contributed by atoms with Crippen molar-refractivity contribution in [3.05, 3.63) is 64.4 Å². The van der Waals surface area contributed by atoms with Crippen molar-refractivity contribution in [1.29, 1.82) is 0 Å². The van der Waals surface area contributed by atoms with Crippen molar-refractivity contribution in [2.24, 2.45) is 5.92 Å². The lowest BCUT2D eigenvalue weighted by Gasteiger charge is -2.17. The van der Waals surface area contributed by atoms with Gasteiger partial charge < -0.3 is 10.2 Å². The number of hydrogen-bond donors (Lipinski definition) is 1. The number of benzene rings is 2. The summed E-state index contributed by atoms with van der Waals surface area (Å²) in [5.41, 5.74) is 2.67. The normalized spacial score (nSPS) is 17.0. The van der Waals surface area contributed by atoms with Gasteiger partial charge in [0, 0.05) is 25.2 Å². The largest absolute Gasteiger partial charge is 0.352 e. The standard InChI is InChI=1S/C19H18ClFN2O2/c1-12-2-4-13(5-3-12)10-22-19(25)14-8-18(24)23(11-14)15-6-7-17(21)16(20)9-15/h2-7,9,14H,8,10-11H2,1H3,(H,22,25). The van der Waals surface area contributed by atoms with E-state index in [0.717, 1.165) is 11.1 Å². The molecule has 2 amide bonds. The van der Waals surface area contributed by atoms with E-state index in [0.29, 0.717) is 12.2 Å². The molecule has 3 rings (SSSR count). The average Bonchev–Trinajstić information content (AvgIpc) is 2.98. The SMILES string of the molecule is Cc1ccc(CNC(=O)C2CC(=O)N(c3ccc(F)c(Cl)c3)C2)cc1. The maximum absolute atomic E-state index is 13.3. The van der Waals surface area contributed by atoms with Crippen LogP contribution in [0.5, 0.6) is 0 Å². The zero-order valence-corrected chi connectivity index (χ0v) is 14.5. The molecule has 0 spiro atoms. The second-order valence-corrected chi connectivity index (χ2v) is 6.61. The van der Waals surface area contributed by atoms with Crippen molar-refractivity contribution in [3.8, 4) is 0 Å². The summed E-state index contributed by atoms with van der Waals surface area (Å²) >= 11 is 5.78. The van der Waals surface area contributed by atoms with Crippen LogP contribution < -0.4 is 10.2 Å². The molecule has 1 aliphatic heterocycles. The first kappa shape index (κ1) is 17.4. The van der Waals surface area contributed by atoms with Gasteiger partial charge in [0.15, 0.2) is 0 Å². The molecule has 1 aliphatic rings. The molecule has 1 unspecified atom stereocenters. The summed E-state index contributed by atoms with van der Waals surface area (Å²) in [6.45, 7) is 2.69. The summed E-state index contributed by atoms with van der Waals surface area (Å²) in [5, 5.41) is 2.83. The second kappa shape index (κ2) is 7.23. The highest BCUT2D eigenvalue weighted by Gasteiger charge is 2.35. The predicted octanol–water partition coefficient (Wildman–Crippen LogP) is 3.46. The Morgan fingerprint density at radius 3 is 2.68 bits per heavy atom. The lowest BCUT2D eigenvalue weighted by molar-refractivity contribution is -0.126. The van der Waals surface area contributed by atoms with Crippen LogP contribution in [0.15, 0.2) is 42.5 Å². The molecule has 6 heteroatoms. The third-order valence-electron chi connectivity index (χ3n) is 4.30. The molecule has 1 saturated heterocycles. The van der Waals surface area contributed by atoms with Crippen LogP contribution in [0, 0.1) is 18.7 Å². The van der Waals surface area contributed by atoms with Crippen LogP contribution in [0.25, 0.3) is 0 Å². The van der Waals surface area contributed by atoms with Crippen molar-refractivity contribution < 1.29 is 14.0 Å². The highest BCUT2D eigenvalue weighted by molar-refractivity contribution is 6.31. The highest BCUT2D eigenvalue weighted by atomic mass is 35.5. The summed E-state index contributed by atoms with van der Waals surface area (Å²) in [5.74, 6) is -1.30. The number of rotatable bonds is 4. The lowest BCUT2D eigenvalue weighted by atomic mass is 10.1. The maximum atomic E-state index is 13.3. The Kier molecular flexibility index (Phi) is 5.04. The Balaban J connectivity index is 1.62. The molecule has 4 nitrogen and oxygen atoms in total. The van der Waals surface area contributed by atoms with Crippen molar-refractivity contribution in [2.45, 2.75) is 19.9 Å². The van der Waals surface area contributed by atoms with Crippen molar-refractivity contribution in [1.82, 2.24) is 5.32 Å². The van der Waals surface area contributed by atoms with Crippen molar-refractivity contribution in [3.63, 3.8) is 0 Å². The summed E-state index contributed by atoms with van der Waals surface area (Å²) in [6.07, 6.45) is 0.134. The monoisotopic (exact) mass is 360 g/mol. The van der Waals surface area contributed by atoms with E-state index in [1.165, 1.54) is 23.1 Å². The van der Waals surface area contributed by atoms with Gasteiger partial charge in [0.2, 0.25) is 11.8 Å². The molecular weight excluding hydrogens is 343 g/mol. The van der Waals surface area contributed by atoms with Crippen molar-refractivity contribution in [2.75, 3.05) is 11.4 Å². The van der Waals surface area contributed by atoms with Gasteiger partial charge in [0.25, 0.3) is 0 Å². The molecule has 0 aliphatic carbocycles. The van der Waals surface area contributed by atoms with Crippen LogP contribution in [-0.2, 0) is 16.1 Å². The number of anilines is 1. The van der Waals surface area contributed by atoms with E-state index in [1.54, 1.807) is 0 Å². The van der Waals surface area contributed by atoms with Gasteiger partial charge in [0.1, 0.15) is 5.82 Å². The van der Waals surface area contributed by atoms with Gasteiger partial charge in [-0.25, -0.2) is 4.39 Å². The van der Waals surface area contributed by atoms with E-state index in [9.17, 15) is 14.0 Å². The molecule has 1 N–H and O–H groups in total. The van der Waals surface area contributed by atoms with E-state index < -0.39 is 11.7 Å². The molecule has 2 aromatic carbocycles. The van der Waals surface area contributed by atoms with Crippen molar-refractivity contribution >= 4 is 29.1 Å². The molecule has 0 bridgehead atoms. The first-order chi connectivity index (χ1) is 11.9. The zero-order valence-electron chi connectivity index (χ0n) is 13.8. The molecule has 1 fully saturated rings. The van der Waals surface area contributed by atoms with Crippen LogP contribution >= 0.6 is 11.6 Å². The molecule has 0 saturated carbocycles. The molecule has 1 atom stereocenters. The minimum atomic E-state index is -0.538. The molecule has 0 aromatic heterocycles. The van der Waals surface area contributed by atoms with Gasteiger partial charge in [-0.3, -0.25) is 9.59 Å². The molecule has 1 heterocycles. The Morgan fingerprint density at radius 2 is 2.00 bits per heavy atom. The number of nitrogens with zero attached hydrogens (tertiary/aromatic N) is 1. The second-order valence-electron chi connectivity index (χ2n) is 6.21. The summed E-state index contributed by atoms with van der Waals surface area (Å²) in [7, 11) is 0. The topological polar surface area (TPSA) is 49.4 Å². The predicted molar refractivity (Wildman–Crippen MR) is 94.9 cm³/mol. The third kappa shape index (κ3) is 3.99. The fourth-order valence-electron chi connectivity index (χ4n) is 2.83. The van der Waals surface area contributed by atoms with E-state index in [4.69, 9.17) is 11.6 Å². The summed E-state index contributed by atoms with van der Waals surface area (Å²) < 4.78 is 13.3. The van der Waals surface area contributed by atoms with Crippen LogP contribution in [0.4, 0.5) is 10.1 Å². The van der Waals surface area contributed by atoms with Gasteiger partial charge in [-0.15, -0.1) is 0 Å². The number of hydrogen-bond acceptors (Lipinski definition) is 2. The summed E-state index contributed by atoms with van der Waals surface area (Å²) in [6, 6.07) is 12.0. The Morgan fingerprint density at radius 1 is 1.28 bits per heavy atom. The van der Waals surface area contributed by atoms with E-state index >= 15 is 0 Å². The van der Waals surface area contributed by atoms with Gasteiger partial charge >= 0.3 is 0 Å². The van der Waals surface area contributed by atoms with Gasteiger partial charge in [0.05, 0.1) is 10.9 Å². The number of aryl methyl sites for hydroxylation is 1. The summed E-state index contributed by atoms with van der Waals surface area (Å²) in [4.78, 5) is 26.0. The number of amides is 2. The first-order valence-corrected chi connectivity index (χ1v) is 8.40. The Hall–Kier alpha value is -2.40. The maximum Gasteiger partial charge on any atom is 0.227 e. The van der Waals surface area contributed by atoms with Crippen LogP contribution in [0.2, 0.25) is 5.02 Å². The van der Waals surface area contributed by atoms with Gasteiger partial charge in [-0.2, -0.15) is 0 Å². The third-order valence-corrected chi connectivity index (χ3v) is 4.59. The Bertz CT molecular complexity index is 808. The number of halogens is 2. The number of carbonyl (C=O) groups excluding carboxylic acids is 2. The minimum absolute atomic E-state index is 0.0439. The number of nitrogens with one attached hydrogen (secondary N) is 1. The van der Waals surface area contributed by atoms with Crippen LogP contribution in [0.3, 0.4) is 0 Å². The molecule has 2 aromatic rings. The van der Waals surface area contributed by atoms with Crippen LogP contribution in [-0.4, -0.2) is 18.4 Å². The highest BCUT2D eigenvalue weighted by Crippen LogP contribution is 2.28. The molecule has 130 valence electrons. The zero-order chi connectivity index (χ0) is 18.0. The Labute approximate surface area is 150 Å². The first-order valence-electron chi connectivity index (χ1n) is 8.02.